The molecule has 0 aliphatic carbocycles. The molecule has 0 spiro atoms. The van der Waals surface area contributed by atoms with Gasteiger partial charge >= 0.3 is 6.01 Å². The van der Waals surface area contributed by atoms with Crippen molar-refractivity contribution >= 4 is 17.9 Å². The maximum atomic E-state index is 14.5. The number of carbonyl (C=O) groups is 1. The van der Waals surface area contributed by atoms with E-state index in [1.165, 1.54) is 6.07 Å². The minimum absolute atomic E-state index is 0.0772. The second kappa shape index (κ2) is 11.7. The van der Waals surface area contributed by atoms with E-state index in [0.29, 0.717) is 48.5 Å². The van der Waals surface area contributed by atoms with E-state index < -0.39 is 0 Å². The van der Waals surface area contributed by atoms with Crippen molar-refractivity contribution in [3.63, 3.8) is 0 Å². The lowest BCUT2D eigenvalue weighted by Gasteiger charge is -2.37. The van der Waals surface area contributed by atoms with Crippen LogP contribution in [-0.4, -0.2) is 82.3 Å². The lowest BCUT2D eigenvalue weighted by Crippen LogP contribution is -2.47. The lowest BCUT2D eigenvalue weighted by molar-refractivity contribution is 0.0661. The van der Waals surface area contributed by atoms with Crippen LogP contribution in [0.15, 0.2) is 35.1 Å². The molecule has 41 heavy (non-hydrogen) atoms. The summed E-state index contributed by atoms with van der Waals surface area (Å²) in [6, 6.07) is 5.47. The van der Waals surface area contributed by atoms with Gasteiger partial charge < -0.3 is 29.7 Å². The first kappa shape index (κ1) is 27.5. The molecule has 3 aliphatic heterocycles. The topological polar surface area (TPSA) is 127 Å². The van der Waals surface area contributed by atoms with Gasteiger partial charge in [-0.1, -0.05) is 22.9 Å². The number of benzene rings is 1. The Kier molecular flexibility index (Phi) is 7.85. The van der Waals surface area contributed by atoms with Gasteiger partial charge in [0.2, 0.25) is 11.8 Å². The fourth-order valence-corrected chi connectivity index (χ4v) is 6.23. The number of nitrogens with two attached hydrogens (primary N) is 1. The van der Waals surface area contributed by atoms with E-state index in [1.54, 1.807) is 18.5 Å². The Labute approximate surface area is 238 Å². The van der Waals surface area contributed by atoms with Crippen molar-refractivity contribution in [3.05, 3.63) is 58.9 Å². The smallest absolute Gasteiger partial charge is 0.324 e. The van der Waals surface area contributed by atoms with Gasteiger partial charge in [-0.05, 0) is 51.2 Å². The van der Waals surface area contributed by atoms with Crippen LogP contribution in [0.5, 0.6) is 0 Å². The van der Waals surface area contributed by atoms with E-state index in [1.807, 2.05) is 29.7 Å². The summed E-state index contributed by atoms with van der Waals surface area (Å²) in [5.74, 6) is 0.614. The van der Waals surface area contributed by atoms with Gasteiger partial charge in [-0.3, -0.25) is 4.79 Å². The second-order valence-electron chi connectivity index (χ2n) is 11.2. The van der Waals surface area contributed by atoms with Crippen LogP contribution in [0.25, 0.3) is 0 Å². The number of piperidine rings is 1. The standard InChI is InChI=1S/C29H37FN8O3/c1-3-38(20-8-10-36(11-9-20)29-34-26(35-41-29)25-5-4-12-40-25)27(39)19-14-32-28(33-15-19)37-16-22(24(31)17-37)21-13-18(2)6-7-23(21)30/h6-7,13-15,20,22,24-25H,3-5,8-12,16-17,31H2,1-2H3/t22-,24+,25+/m1/s1. The minimum Gasteiger partial charge on any atom is -0.370 e. The van der Waals surface area contributed by atoms with Crippen molar-refractivity contribution in [2.75, 3.05) is 49.1 Å². The molecule has 0 radical (unpaired) electrons. The highest BCUT2D eigenvalue weighted by molar-refractivity contribution is 5.94. The van der Waals surface area contributed by atoms with Gasteiger partial charge in [-0.25, -0.2) is 14.4 Å². The molecule has 12 heteroatoms. The largest absolute Gasteiger partial charge is 0.370 e. The summed E-state index contributed by atoms with van der Waals surface area (Å²) in [7, 11) is 0. The van der Waals surface area contributed by atoms with Gasteiger partial charge in [0.05, 0.1) is 5.56 Å². The zero-order valence-electron chi connectivity index (χ0n) is 23.6. The Morgan fingerprint density at radius 1 is 1.15 bits per heavy atom. The van der Waals surface area contributed by atoms with Crippen LogP contribution in [0.3, 0.4) is 0 Å². The number of amides is 1. The third kappa shape index (κ3) is 5.62. The molecular formula is C29H37FN8O3. The van der Waals surface area contributed by atoms with Crippen molar-refractivity contribution in [3.8, 4) is 0 Å². The Bertz CT molecular complexity index is 1350. The molecule has 3 aliphatic rings. The van der Waals surface area contributed by atoms with Crippen molar-refractivity contribution < 1.29 is 18.4 Å². The zero-order chi connectivity index (χ0) is 28.5. The fraction of sp³-hybridized carbons (Fsp3) is 0.552. The molecule has 5 heterocycles. The SMILES string of the molecule is CCN(C(=O)c1cnc(N2C[C@H](c3cc(C)ccc3F)[C@@H](N)C2)nc1)C1CCN(c2nc([C@@H]3CCCO3)no2)CC1. The molecule has 2 aromatic heterocycles. The Morgan fingerprint density at radius 3 is 2.63 bits per heavy atom. The summed E-state index contributed by atoms with van der Waals surface area (Å²) in [5.41, 5.74) is 8.47. The number of carbonyl (C=O) groups excluding carboxylic acids is 1. The maximum absolute atomic E-state index is 14.5. The van der Waals surface area contributed by atoms with Crippen molar-refractivity contribution in [2.45, 2.75) is 63.6 Å². The number of hydrogen-bond donors (Lipinski definition) is 1. The molecule has 3 saturated heterocycles. The van der Waals surface area contributed by atoms with Crippen LogP contribution in [0, 0.1) is 12.7 Å². The van der Waals surface area contributed by atoms with Crippen LogP contribution >= 0.6 is 0 Å². The highest BCUT2D eigenvalue weighted by Gasteiger charge is 2.35. The fourth-order valence-electron chi connectivity index (χ4n) is 6.23. The third-order valence-corrected chi connectivity index (χ3v) is 8.51. The summed E-state index contributed by atoms with van der Waals surface area (Å²) < 4.78 is 25.7. The maximum Gasteiger partial charge on any atom is 0.324 e. The van der Waals surface area contributed by atoms with E-state index in [4.69, 9.17) is 15.0 Å². The summed E-state index contributed by atoms with van der Waals surface area (Å²) in [4.78, 5) is 33.0. The first-order valence-corrected chi connectivity index (χ1v) is 14.5. The van der Waals surface area contributed by atoms with E-state index in [9.17, 15) is 9.18 Å². The summed E-state index contributed by atoms with van der Waals surface area (Å²) >= 11 is 0. The van der Waals surface area contributed by atoms with Gasteiger partial charge in [-0.2, -0.15) is 4.98 Å². The quantitative estimate of drug-likeness (QED) is 0.457. The van der Waals surface area contributed by atoms with Crippen LogP contribution in [0.4, 0.5) is 16.4 Å². The van der Waals surface area contributed by atoms with Crippen molar-refractivity contribution in [2.24, 2.45) is 5.73 Å². The Hall–Kier alpha value is -3.64. The van der Waals surface area contributed by atoms with Gasteiger partial charge in [0.15, 0.2) is 0 Å². The number of anilines is 2. The number of rotatable bonds is 7. The number of halogens is 1. The number of hydrogen-bond acceptors (Lipinski definition) is 10. The predicted octanol–water partition coefficient (Wildman–Crippen LogP) is 3.22. The zero-order valence-corrected chi connectivity index (χ0v) is 23.6. The first-order valence-electron chi connectivity index (χ1n) is 14.5. The van der Waals surface area contributed by atoms with Crippen LogP contribution in [-0.2, 0) is 4.74 Å². The van der Waals surface area contributed by atoms with Crippen LogP contribution < -0.4 is 15.5 Å². The Balaban J connectivity index is 1.06. The second-order valence-corrected chi connectivity index (χ2v) is 11.2. The average Bonchev–Trinajstić information content (AvgIpc) is 3.77. The molecular weight excluding hydrogens is 527 g/mol. The van der Waals surface area contributed by atoms with E-state index >= 15 is 0 Å². The molecule has 0 saturated carbocycles. The third-order valence-electron chi connectivity index (χ3n) is 8.51. The van der Waals surface area contributed by atoms with Gasteiger partial charge in [0.1, 0.15) is 11.9 Å². The molecule has 1 amide bonds. The normalized spacial score (nSPS) is 23.4. The number of nitrogens with zero attached hydrogens (tertiary/aromatic N) is 7. The summed E-state index contributed by atoms with van der Waals surface area (Å²) in [5, 5.41) is 4.12. The first-order chi connectivity index (χ1) is 19.9. The van der Waals surface area contributed by atoms with E-state index in [2.05, 4.69) is 25.0 Å². The Morgan fingerprint density at radius 2 is 1.93 bits per heavy atom. The molecule has 11 nitrogen and oxygen atoms in total. The van der Waals surface area contributed by atoms with Crippen molar-refractivity contribution in [1.82, 2.24) is 25.0 Å². The molecule has 3 aromatic rings. The van der Waals surface area contributed by atoms with Crippen LogP contribution in [0.2, 0.25) is 0 Å². The van der Waals surface area contributed by atoms with E-state index in [-0.39, 0.29) is 35.8 Å². The average molecular weight is 565 g/mol. The molecule has 0 bridgehead atoms. The molecule has 6 rings (SSSR count). The van der Waals surface area contributed by atoms with E-state index in [0.717, 1.165) is 50.9 Å². The lowest BCUT2D eigenvalue weighted by atomic mass is 9.93. The summed E-state index contributed by atoms with van der Waals surface area (Å²) in [6.45, 7) is 7.71. The predicted molar refractivity (Wildman–Crippen MR) is 150 cm³/mol. The molecule has 218 valence electrons. The highest BCUT2D eigenvalue weighted by atomic mass is 19.1. The molecule has 3 fully saturated rings. The molecule has 2 N–H and O–H groups in total. The van der Waals surface area contributed by atoms with Gasteiger partial charge in [-0.15, -0.1) is 0 Å². The summed E-state index contributed by atoms with van der Waals surface area (Å²) in [6.07, 6.45) is 6.60. The van der Waals surface area contributed by atoms with Gasteiger partial charge in [0, 0.05) is 69.7 Å². The number of aromatic nitrogens is 4. The molecule has 0 unspecified atom stereocenters. The number of ether oxygens (including phenoxy) is 1. The van der Waals surface area contributed by atoms with Crippen LogP contribution in [0.1, 0.15) is 71.9 Å². The highest BCUT2D eigenvalue weighted by Crippen LogP contribution is 2.32. The molecule has 1 aromatic carbocycles. The monoisotopic (exact) mass is 564 g/mol. The minimum atomic E-state index is -0.245. The molecule has 3 atom stereocenters. The van der Waals surface area contributed by atoms with Gasteiger partial charge in [0.25, 0.3) is 5.91 Å². The van der Waals surface area contributed by atoms with Crippen molar-refractivity contribution in [1.29, 1.82) is 0 Å². The number of aryl methyl sites for hydroxylation is 1.